The number of rotatable bonds is 6. The van der Waals surface area contributed by atoms with Crippen LogP contribution in [0.4, 0.5) is 0 Å². The second-order valence-corrected chi connectivity index (χ2v) is 8.60. The molecule has 2 heterocycles. The number of halogens is 1. The Morgan fingerprint density at radius 3 is 2.33 bits per heavy atom. The summed E-state index contributed by atoms with van der Waals surface area (Å²) in [6, 6.07) is 18.1. The molecule has 4 aromatic rings. The molecule has 0 bridgehead atoms. The van der Waals surface area contributed by atoms with Crippen LogP contribution in [-0.2, 0) is 19.5 Å². The van der Waals surface area contributed by atoms with Gasteiger partial charge in [0.05, 0.1) is 26.4 Å². The molecule has 0 N–H and O–H groups in total. The molecule has 0 unspecified atom stereocenters. The van der Waals surface area contributed by atoms with Gasteiger partial charge in [0.15, 0.2) is 22.8 Å². The summed E-state index contributed by atoms with van der Waals surface area (Å²) in [5.41, 5.74) is 5.39. The number of fused-ring (bicyclic) bond motifs is 2. The van der Waals surface area contributed by atoms with Gasteiger partial charge in [0.2, 0.25) is 0 Å². The van der Waals surface area contributed by atoms with Crippen LogP contribution in [0.25, 0.3) is 22.3 Å². The van der Waals surface area contributed by atoms with Crippen LogP contribution < -0.4 is 14.2 Å². The standard InChI is InChI=1S/C27H26ClNO4/c1-30-23-9-8-18(21-14-24(33-27(21)23)20-6-4-5-7-22(20)28)15-29-11-10-17-12-25(31-2)26(32-3)13-19(17)16-29/h4-9,12-14H,10-11,15-16H2,1-3H3. The number of hydrogen-bond acceptors (Lipinski definition) is 5. The molecule has 5 nitrogen and oxygen atoms in total. The molecule has 6 heteroatoms. The maximum atomic E-state index is 6.43. The Kier molecular flexibility index (Phi) is 5.92. The van der Waals surface area contributed by atoms with Crippen molar-refractivity contribution >= 4 is 22.6 Å². The van der Waals surface area contributed by atoms with Crippen molar-refractivity contribution in [2.24, 2.45) is 0 Å². The minimum atomic E-state index is 0.661. The smallest absolute Gasteiger partial charge is 0.176 e. The largest absolute Gasteiger partial charge is 0.493 e. The highest BCUT2D eigenvalue weighted by Crippen LogP contribution is 2.39. The third-order valence-corrected chi connectivity index (χ3v) is 6.62. The molecule has 0 atom stereocenters. The molecular weight excluding hydrogens is 438 g/mol. The lowest BCUT2D eigenvalue weighted by atomic mass is 9.98. The molecule has 0 aliphatic carbocycles. The van der Waals surface area contributed by atoms with Gasteiger partial charge in [-0.25, -0.2) is 0 Å². The first-order chi connectivity index (χ1) is 16.1. The second kappa shape index (κ2) is 9.00. The zero-order chi connectivity index (χ0) is 22.9. The highest BCUT2D eigenvalue weighted by molar-refractivity contribution is 6.33. The van der Waals surface area contributed by atoms with Gasteiger partial charge in [-0.05, 0) is 59.5 Å². The minimum Gasteiger partial charge on any atom is -0.493 e. The van der Waals surface area contributed by atoms with Crippen molar-refractivity contribution in [2.75, 3.05) is 27.9 Å². The van der Waals surface area contributed by atoms with E-state index in [0.717, 1.165) is 59.8 Å². The van der Waals surface area contributed by atoms with Crippen molar-refractivity contribution in [1.29, 1.82) is 0 Å². The highest BCUT2D eigenvalue weighted by Gasteiger charge is 2.22. The molecule has 0 radical (unpaired) electrons. The molecule has 0 amide bonds. The molecule has 1 aliphatic rings. The minimum absolute atomic E-state index is 0.661. The van der Waals surface area contributed by atoms with E-state index in [1.54, 1.807) is 21.3 Å². The number of furan rings is 1. The van der Waals surface area contributed by atoms with Crippen molar-refractivity contribution in [1.82, 2.24) is 4.90 Å². The first-order valence-electron chi connectivity index (χ1n) is 10.9. The van der Waals surface area contributed by atoms with E-state index in [4.69, 9.17) is 30.2 Å². The summed E-state index contributed by atoms with van der Waals surface area (Å²) in [6.45, 7) is 2.61. The van der Waals surface area contributed by atoms with E-state index >= 15 is 0 Å². The summed E-state index contributed by atoms with van der Waals surface area (Å²) in [7, 11) is 5.01. The maximum Gasteiger partial charge on any atom is 0.176 e. The van der Waals surface area contributed by atoms with Crippen molar-refractivity contribution in [3.05, 3.63) is 76.3 Å². The third-order valence-electron chi connectivity index (χ3n) is 6.29. The van der Waals surface area contributed by atoms with Gasteiger partial charge in [0, 0.05) is 30.6 Å². The topological polar surface area (TPSA) is 44.1 Å². The second-order valence-electron chi connectivity index (χ2n) is 8.20. The van der Waals surface area contributed by atoms with Crippen molar-refractivity contribution in [2.45, 2.75) is 19.5 Å². The molecule has 1 aliphatic heterocycles. The fraction of sp³-hybridized carbons (Fsp3) is 0.259. The van der Waals surface area contributed by atoms with Crippen LogP contribution in [-0.4, -0.2) is 32.8 Å². The number of methoxy groups -OCH3 is 3. The van der Waals surface area contributed by atoms with Crippen molar-refractivity contribution < 1.29 is 18.6 Å². The quantitative estimate of drug-likeness (QED) is 0.334. The first-order valence-corrected chi connectivity index (χ1v) is 11.3. The summed E-state index contributed by atoms with van der Waals surface area (Å²) >= 11 is 6.43. The predicted molar refractivity (Wildman–Crippen MR) is 131 cm³/mol. The molecule has 0 saturated carbocycles. The molecule has 0 saturated heterocycles. The average Bonchev–Trinajstić information content (AvgIpc) is 3.29. The highest BCUT2D eigenvalue weighted by atomic mass is 35.5. The van der Waals surface area contributed by atoms with Crippen LogP contribution in [0.2, 0.25) is 5.02 Å². The van der Waals surface area contributed by atoms with Crippen LogP contribution in [0.3, 0.4) is 0 Å². The Balaban J connectivity index is 1.48. The summed E-state index contributed by atoms with van der Waals surface area (Å²) < 4.78 is 22.8. The van der Waals surface area contributed by atoms with Crippen LogP contribution >= 0.6 is 11.6 Å². The van der Waals surface area contributed by atoms with E-state index in [9.17, 15) is 0 Å². The molecule has 5 rings (SSSR count). The lowest BCUT2D eigenvalue weighted by Gasteiger charge is -2.29. The fourth-order valence-corrected chi connectivity index (χ4v) is 4.79. The van der Waals surface area contributed by atoms with E-state index in [0.29, 0.717) is 10.8 Å². The molecule has 1 aromatic heterocycles. The SMILES string of the molecule is COc1cc2c(cc1OC)CN(Cc1ccc(OC)c3oc(-c4ccccc4Cl)cc13)CC2. The van der Waals surface area contributed by atoms with Gasteiger partial charge in [0.25, 0.3) is 0 Å². The summed E-state index contributed by atoms with van der Waals surface area (Å²) in [4.78, 5) is 2.44. The fourth-order valence-electron chi connectivity index (χ4n) is 4.56. The lowest BCUT2D eigenvalue weighted by molar-refractivity contribution is 0.245. The van der Waals surface area contributed by atoms with Gasteiger partial charge in [-0.2, -0.15) is 0 Å². The molecule has 3 aromatic carbocycles. The van der Waals surface area contributed by atoms with Gasteiger partial charge in [-0.15, -0.1) is 0 Å². The predicted octanol–water partition coefficient (Wildman–Crippen LogP) is 6.34. The monoisotopic (exact) mass is 463 g/mol. The average molecular weight is 464 g/mol. The molecule has 0 fully saturated rings. The van der Waals surface area contributed by atoms with E-state index in [1.165, 1.54) is 16.7 Å². The van der Waals surface area contributed by atoms with Gasteiger partial charge in [-0.3, -0.25) is 4.90 Å². The summed E-state index contributed by atoms with van der Waals surface area (Å²) in [5.74, 6) is 3.01. The van der Waals surface area contributed by atoms with E-state index in [-0.39, 0.29) is 0 Å². The van der Waals surface area contributed by atoms with Crippen molar-refractivity contribution in [3.63, 3.8) is 0 Å². The zero-order valence-corrected chi connectivity index (χ0v) is 19.7. The Labute approximate surface area is 198 Å². The molecular formula is C27H26ClNO4. The van der Waals surface area contributed by atoms with Gasteiger partial charge >= 0.3 is 0 Å². The van der Waals surface area contributed by atoms with Gasteiger partial charge in [0.1, 0.15) is 5.76 Å². The van der Waals surface area contributed by atoms with Gasteiger partial charge < -0.3 is 18.6 Å². The molecule has 170 valence electrons. The molecule has 0 spiro atoms. The summed E-state index contributed by atoms with van der Waals surface area (Å²) in [6.07, 6.45) is 0.964. The number of hydrogen-bond donors (Lipinski definition) is 0. The number of benzene rings is 3. The Hall–Kier alpha value is -3.15. The number of ether oxygens (including phenoxy) is 3. The molecule has 33 heavy (non-hydrogen) atoms. The maximum absolute atomic E-state index is 6.43. The van der Waals surface area contributed by atoms with Gasteiger partial charge in [-0.1, -0.05) is 29.8 Å². The van der Waals surface area contributed by atoms with Crippen LogP contribution in [0, 0.1) is 0 Å². The first kappa shape index (κ1) is 21.7. The van der Waals surface area contributed by atoms with E-state index in [1.807, 2.05) is 30.3 Å². The lowest BCUT2D eigenvalue weighted by Crippen LogP contribution is -2.30. The van der Waals surface area contributed by atoms with E-state index in [2.05, 4.69) is 29.2 Å². The zero-order valence-electron chi connectivity index (χ0n) is 19.0. The van der Waals surface area contributed by atoms with Crippen LogP contribution in [0.15, 0.2) is 59.0 Å². The van der Waals surface area contributed by atoms with E-state index < -0.39 is 0 Å². The Morgan fingerprint density at radius 2 is 1.61 bits per heavy atom. The Bertz CT molecular complexity index is 1310. The third kappa shape index (κ3) is 4.03. The number of nitrogens with zero attached hydrogens (tertiary/aromatic N) is 1. The summed E-state index contributed by atoms with van der Waals surface area (Å²) in [5, 5.41) is 1.71. The normalized spacial score (nSPS) is 13.7. The Morgan fingerprint density at radius 1 is 0.879 bits per heavy atom. The van der Waals surface area contributed by atoms with Crippen LogP contribution in [0.1, 0.15) is 16.7 Å². The van der Waals surface area contributed by atoms with Crippen molar-refractivity contribution in [3.8, 4) is 28.6 Å². The van der Waals surface area contributed by atoms with Crippen LogP contribution in [0.5, 0.6) is 17.2 Å².